The molecular weight excluding hydrogens is 364 g/mol. The van der Waals surface area contributed by atoms with E-state index in [0.717, 1.165) is 13.1 Å². The molecular formula is C20H36N2O6. The van der Waals surface area contributed by atoms with E-state index < -0.39 is 0 Å². The molecule has 8 nitrogen and oxygen atoms in total. The second-order valence-electron chi connectivity index (χ2n) is 8.15. The summed E-state index contributed by atoms with van der Waals surface area (Å²) in [4.78, 5) is 28.4. The van der Waals surface area contributed by atoms with Crippen molar-refractivity contribution in [3.8, 4) is 0 Å². The zero-order valence-corrected chi connectivity index (χ0v) is 17.9. The Kier molecular flexibility index (Phi) is 9.14. The average molecular weight is 401 g/mol. The fraction of sp³-hybridized carbons (Fsp3) is 0.900. The van der Waals surface area contributed by atoms with Gasteiger partial charge in [-0.15, -0.1) is 0 Å². The topological polar surface area (TPSA) is 77.5 Å². The van der Waals surface area contributed by atoms with Crippen molar-refractivity contribution in [1.29, 1.82) is 0 Å². The van der Waals surface area contributed by atoms with Gasteiger partial charge >= 0.3 is 11.9 Å². The number of esters is 2. The largest absolute Gasteiger partial charge is 0.469 e. The van der Waals surface area contributed by atoms with Crippen molar-refractivity contribution in [2.45, 2.75) is 70.9 Å². The summed E-state index contributed by atoms with van der Waals surface area (Å²) >= 11 is 0. The first-order valence-electron chi connectivity index (χ1n) is 10.3. The molecule has 8 heteroatoms. The molecule has 2 aliphatic rings. The highest BCUT2D eigenvalue weighted by Gasteiger charge is 2.33. The van der Waals surface area contributed by atoms with E-state index in [9.17, 15) is 9.59 Å². The van der Waals surface area contributed by atoms with E-state index in [2.05, 4.69) is 37.5 Å². The Morgan fingerprint density at radius 2 is 1.75 bits per heavy atom. The van der Waals surface area contributed by atoms with Gasteiger partial charge in [-0.2, -0.15) is 0 Å². The van der Waals surface area contributed by atoms with Crippen LogP contribution in [0.5, 0.6) is 0 Å². The van der Waals surface area contributed by atoms with Crippen molar-refractivity contribution >= 4 is 11.9 Å². The van der Waals surface area contributed by atoms with Crippen LogP contribution in [0.4, 0.5) is 0 Å². The summed E-state index contributed by atoms with van der Waals surface area (Å²) in [7, 11) is 1.39. The molecule has 2 heterocycles. The molecule has 3 unspecified atom stereocenters. The van der Waals surface area contributed by atoms with Gasteiger partial charge in [0, 0.05) is 37.8 Å². The molecule has 0 saturated carbocycles. The number of carbonyl (C=O) groups excluding carboxylic acids is 2. The molecule has 0 aromatic rings. The average Bonchev–Trinajstić information content (AvgIpc) is 2.67. The highest BCUT2D eigenvalue weighted by Crippen LogP contribution is 2.19. The molecule has 2 fully saturated rings. The molecule has 2 aliphatic heterocycles. The third-order valence-corrected chi connectivity index (χ3v) is 5.43. The van der Waals surface area contributed by atoms with Crippen LogP contribution in [-0.2, 0) is 28.5 Å². The van der Waals surface area contributed by atoms with Crippen molar-refractivity contribution in [2.24, 2.45) is 0 Å². The van der Waals surface area contributed by atoms with Gasteiger partial charge in [-0.25, -0.2) is 0 Å². The third kappa shape index (κ3) is 6.99. The van der Waals surface area contributed by atoms with E-state index in [1.165, 1.54) is 7.11 Å². The van der Waals surface area contributed by atoms with Crippen LogP contribution in [0.25, 0.3) is 0 Å². The van der Waals surface area contributed by atoms with Crippen LogP contribution in [-0.4, -0.2) is 98.6 Å². The standard InChI is InChI=1S/C20H36N2O6/c1-14(2)21-6-7-26-17(10-21)9-20(24)28-13-18-11-22(15(3)4)16(12-27-18)8-19(23)25-5/h14-18H,6-13H2,1-5H3. The maximum atomic E-state index is 12.2. The Morgan fingerprint density at radius 1 is 1.00 bits per heavy atom. The fourth-order valence-corrected chi connectivity index (χ4v) is 3.73. The van der Waals surface area contributed by atoms with E-state index >= 15 is 0 Å². The molecule has 0 bridgehead atoms. The predicted octanol–water partition coefficient (Wildman–Crippen LogP) is 1.07. The highest BCUT2D eigenvalue weighted by molar-refractivity contribution is 5.70. The molecule has 0 aromatic carbocycles. The molecule has 28 heavy (non-hydrogen) atoms. The first-order valence-corrected chi connectivity index (χ1v) is 10.3. The van der Waals surface area contributed by atoms with Gasteiger partial charge in [-0.05, 0) is 27.7 Å². The SMILES string of the molecule is COC(=O)CC1COC(COC(=O)CC2CN(C(C)C)CCO2)CN1C(C)C. The lowest BCUT2D eigenvalue weighted by atomic mass is 10.1. The second-order valence-corrected chi connectivity index (χ2v) is 8.15. The number of ether oxygens (including phenoxy) is 4. The number of carbonyl (C=O) groups is 2. The fourth-order valence-electron chi connectivity index (χ4n) is 3.73. The summed E-state index contributed by atoms with van der Waals surface area (Å²) < 4.78 is 21.8. The molecule has 2 rings (SSSR count). The van der Waals surface area contributed by atoms with E-state index in [1.54, 1.807) is 0 Å². The first kappa shape index (κ1) is 23.1. The number of morpholine rings is 2. The minimum Gasteiger partial charge on any atom is -0.469 e. The summed E-state index contributed by atoms with van der Waals surface area (Å²) in [6.45, 7) is 12.0. The summed E-state index contributed by atoms with van der Waals surface area (Å²) in [5.41, 5.74) is 0. The third-order valence-electron chi connectivity index (χ3n) is 5.43. The zero-order chi connectivity index (χ0) is 20.7. The lowest BCUT2D eigenvalue weighted by Gasteiger charge is -2.41. The van der Waals surface area contributed by atoms with Gasteiger partial charge in [0.05, 0.1) is 39.3 Å². The van der Waals surface area contributed by atoms with Gasteiger partial charge < -0.3 is 18.9 Å². The minimum atomic E-state index is -0.257. The quantitative estimate of drug-likeness (QED) is 0.560. The summed E-state index contributed by atoms with van der Waals surface area (Å²) in [6.07, 6.45) is 0.244. The molecule has 162 valence electrons. The number of methoxy groups -OCH3 is 1. The van der Waals surface area contributed by atoms with Crippen LogP contribution < -0.4 is 0 Å². The van der Waals surface area contributed by atoms with Crippen LogP contribution >= 0.6 is 0 Å². The maximum absolute atomic E-state index is 12.2. The zero-order valence-electron chi connectivity index (χ0n) is 17.9. The van der Waals surface area contributed by atoms with E-state index in [-0.39, 0.29) is 49.3 Å². The molecule has 0 spiro atoms. The molecule has 2 saturated heterocycles. The van der Waals surface area contributed by atoms with Gasteiger partial charge in [0.15, 0.2) is 0 Å². The maximum Gasteiger partial charge on any atom is 0.308 e. The lowest BCUT2D eigenvalue weighted by molar-refractivity contribution is -0.159. The van der Waals surface area contributed by atoms with Crippen LogP contribution in [0, 0.1) is 0 Å². The monoisotopic (exact) mass is 400 g/mol. The van der Waals surface area contributed by atoms with Crippen LogP contribution in [0.2, 0.25) is 0 Å². The number of rotatable bonds is 8. The van der Waals surface area contributed by atoms with Crippen molar-refractivity contribution < 1.29 is 28.5 Å². The van der Waals surface area contributed by atoms with Gasteiger partial charge in [0.1, 0.15) is 12.7 Å². The highest BCUT2D eigenvalue weighted by atomic mass is 16.6. The summed E-state index contributed by atoms with van der Waals surface area (Å²) in [5, 5.41) is 0. The molecule has 0 radical (unpaired) electrons. The van der Waals surface area contributed by atoms with Gasteiger partial charge in [-0.3, -0.25) is 19.4 Å². The number of hydrogen-bond acceptors (Lipinski definition) is 8. The Labute approximate surface area is 168 Å². The smallest absolute Gasteiger partial charge is 0.308 e. The van der Waals surface area contributed by atoms with Crippen molar-refractivity contribution in [3.63, 3.8) is 0 Å². The number of hydrogen-bond donors (Lipinski definition) is 0. The first-order chi connectivity index (χ1) is 13.3. The second kappa shape index (κ2) is 11.1. The van der Waals surface area contributed by atoms with Crippen LogP contribution in [0.1, 0.15) is 40.5 Å². The minimum absolute atomic E-state index is 0.0166. The van der Waals surface area contributed by atoms with Crippen molar-refractivity contribution in [2.75, 3.05) is 46.6 Å². The van der Waals surface area contributed by atoms with Gasteiger partial charge in [0.25, 0.3) is 0 Å². The summed E-state index contributed by atoms with van der Waals surface area (Å²) in [5.74, 6) is -0.501. The van der Waals surface area contributed by atoms with E-state index in [4.69, 9.17) is 18.9 Å². The predicted molar refractivity (Wildman–Crippen MR) is 104 cm³/mol. The molecule has 0 aliphatic carbocycles. The molecule has 0 N–H and O–H groups in total. The van der Waals surface area contributed by atoms with E-state index in [1.807, 2.05) is 0 Å². The van der Waals surface area contributed by atoms with Gasteiger partial charge in [0.2, 0.25) is 0 Å². The van der Waals surface area contributed by atoms with Gasteiger partial charge in [-0.1, -0.05) is 0 Å². The Balaban J connectivity index is 1.76. The summed E-state index contributed by atoms with van der Waals surface area (Å²) in [6, 6.07) is 0.685. The molecule has 0 amide bonds. The Bertz CT molecular complexity index is 513. The van der Waals surface area contributed by atoms with Crippen LogP contribution in [0.3, 0.4) is 0 Å². The molecule has 0 aromatic heterocycles. The van der Waals surface area contributed by atoms with E-state index in [0.29, 0.717) is 32.2 Å². The van der Waals surface area contributed by atoms with Crippen molar-refractivity contribution in [3.05, 3.63) is 0 Å². The molecule has 3 atom stereocenters. The normalized spacial score (nSPS) is 27.2. The Morgan fingerprint density at radius 3 is 2.39 bits per heavy atom. The van der Waals surface area contributed by atoms with Crippen LogP contribution in [0.15, 0.2) is 0 Å². The lowest BCUT2D eigenvalue weighted by Crippen LogP contribution is -2.54. The number of nitrogens with zero attached hydrogens (tertiary/aromatic N) is 2. The Hall–Kier alpha value is -1.22. The van der Waals surface area contributed by atoms with Crippen molar-refractivity contribution in [1.82, 2.24) is 9.80 Å².